The molecule has 1 aromatic carbocycles. The van der Waals surface area contributed by atoms with Gasteiger partial charge in [-0.25, -0.2) is 0 Å². The molecule has 2 saturated heterocycles. The lowest BCUT2D eigenvalue weighted by Crippen LogP contribution is -2.54. The number of nitrogens with zero attached hydrogens (tertiary/aromatic N) is 3. The highest BCUT2D eigenvalue weighted by atomic mass is 16.2. The van der Waals surface area contributed by atoms with Crippen LogP contribution in [0.25, 0.3) is 0 Å². The Bertz CT molecular complexity index is 742. The maximum Gasteiger partial charge on any atom is 0.256 e. The summed E-state index contributed by atoms with van der Waals surface area (Å²) >= 11 is 0. The molecule has 2 fully saturated rings. The topological polar surface area (TPSA) is 60.9 Å². The van der Waals surface area contributed by atoms with Crippen LogP contribution >= 0.6 is 0 Å². The summed E-state index contributed by atoms with van der Waals surface area (Å²) in [5.41, 5.74) is 1.08. The molecule has 0 saturated carbocycles. The molecule has 6 nitrogen and oxygen atoms in total. The van der Waals surface area contributed by atoms with Gasteiger partial charge in [-0.15, -0.1) is 0 Å². The molecular formula is C20H25N3O3. The van der Waals surface area contributed by atoms with Gasteiger partial charge in [0, 0.05) is 19.6 Å². The van der Waals surface area contributed by atoms with Gasteiger partial charge in [0.2, 0.25) is 5.91 Å². The monoisotopic (exact) mass is 355 g/mol. The van der Waals surface area contributed by atoms with Gasteiger partial charge in [0.25, 0.3) is 11.8 Å². The molecular weight excluding hydrogens is 330 g/mol. The third-order valence-electron chi connectivity index (χ3n) is 5.84. The number of carbonyl (C=O) groups excluding carboxylic acids is 3. The first-order valence-corrected chi connectivity index (χ1v) is 9.61. The van der Waals surface area contributed by atoms with Gasteiger partial charge in [0.1, 0.15) is 12.1 Å². The number of rotatable bonds is 2. The van der Waals surface area contributed by atoms with E-state index in [4.69, 9.17) is 0 Å². The standard InChI is InChI=1S/C20H25N3O3/c1-14(18(24)21-11-5-2-6-12-21)23-16-9-4-3-8-15(16)19(25)22-13-7-10-17(22)20(23)26/h3-4,8-9,14,17H,2,5-7,10-13H2,1H3. The second-order valence-corrected chi connectivity index (χ2v) is 7.44. The van der Waals surface area contributed by atoms with Gasteiger partial charge in [-0.1, -0.05) is 12.1 Å². The second kappa shape index (κ2) is 6.74. The van der Waals surface area contributed by atoms with Gasteiger partial charge in [-0.05, 0) is 51.2 Å². The Labute approximate surface area is 153 Å². The van der Waals surface area contributed by atoms with Crippen LogP contribution in [0.3, 0.4) is 0 Å². The lowest BCUT2D eigenvalue weighted by atomic mass is 10.1. The van der Waals surface area contributed by atoms with Crippen LogP contribution in [0.5, 0.6) is 0 Å². The van der Waals surface area contributed by atoms with Crippen LogP contribution in [-0.4, -0.2) is 59.2 Å². The molecule has 3 amide bonds. The van der Waals surface area contributed by atoms with E-state index < -0.39 is 12.1 Å². The van der Waals surface area contributed by atoms with Gasteiger partial charge < -0.3 is 9.80 Å². The van der Waals surface area contributed by atoms with E-state index in [9.17, 15) is 14.4 Å². The lowest BCUT2D eigenvalue weighted by molar-refractivity contribution is -0.135. The predicted octanol–water partition coefficient (Wildman–Crippen LogP) is 2.04. The highest BCUT2D eigenvalue weighted by Crippen LogP contribution is 2.34. The Morgan fingerprint density at radius 1 is 1.04 bits per heavy atom. The van der Waals surface area contributed by atoms with Crippen LogP contribution in [0.1, 0.15) is 49.4 Å². The van der Waals surface area contributed by atoms with E-state index in [-0.39, 0.29) is 17.7 Å². The summed E-state index contributed by atoms with van der Waals surface area (Å²) in [6, 6.07) is 6.12. The number of likely N-dealkylation sites (tertiary alicyclic amines) is 1. The Balaban J connectivity index is 1.73. The van der Waals surface area contributed by atoms with Crippen molar-refractivity contribution in [2.45, 2.75) is 51.1 Å². The fourth-order valence-corrected chi connectivity index (χ4v) is 4.45. The Kier molecular flexibility index (Phi) is 4.42. The van der Waals surface area contributed by atoms with Crippen LogP contribution in [-0.2, 0) is 9.59 Å². The highest BCUT2D eigenvalue weighted by molar-refractivity contribution is 6.13. The van der Waals surface area contributed by atoms with E-state index in [2.05, 4.69) is 0 Å². The van der Waals surface area contributed by atoms with Gasteiger partial charge in [0.15, 0.2) is 0 Å². The van der Waals surface area contributed by atoms with Crippen LogP contribution in [0.2, 0.25) is 0 Å². The molecule has 0 bridgehead atoms. The smallest absolute Gasteiger partial charge is 0.256 e. The first-order chi connectivity index (χ1) is 12.6. The number of fused-ring (bicyclic) bond motifs is 2. The van der Waals surface area contributed by atoms with Crippen molar-refractivity contribution in [2.75, 3.05) is 24.5 Å². The van der Waals surface area contributed by atoms with E-state index in [1.165, 1.54) is 0 Å². The molecule has 1 aromatic rings. The fourth-order valence-electron chi connectivity index (χ4n) is 4.45. The van der Waals surface area contributed by atoms with E-state index in [1.54, 1.807) is 28.9 Å². The maximum atomic E-state index is 13.3. The van der Waals surface area contributed by atoms with E-state index >= 15 is 0 Å². The van der Waals surface area contributed by atoms with Crippen molar-refractivity contribution in [3.05, 3.63) is 29.8 Å². The minimum Gasteiger partial charge on any atom is -0.341 e. The SMILES string of the molecule is CC(C(=O)N1CCCCC1)N1C(=O)C2CCCN2C(=O)c2ccccc21. The molecule has 138 valence electrons. The number of piperidine rings is 1. The molecule has 0 aromatic heterocycles. The van der Waals surface area contributed by atoms with Crippen LogP contribution in [0.15, 0.2) is 24.3 Å². The number of para-hydroxylation sites is 1. The number of anilines is 1. The summed E-state index contributed by atoms with van der Waals surface area (Å²) in [5, 5.41) is 0. The van der Waals surface area contributed by atoms with E-state index in [1.807, 2.05) is 17.0 Å². The molecule has 6 heteroatoms. The van der Waals surface area contributed by atoms with Crippen molar-refractivity contribution >= 4 is 23.4 Å². The van der Waals surface area contributed by atoms with Crippen molar-refractivity contribution in [1.82, 2.24) is 9.80 Å². The third-order valence-corrected chi connectivity index (χ3v) is 5.84. The normalized spacial score (nSPS) is 24.2. The van der Waals surface area contributed by atoms with Gasteiger partial charge >= 0.3 is 0 Å². The second-order valence-electron chi connectivity index (χ2n) is 7.44. The Morgan fingerprint density at radius 2 is 1.77 bits per heavy atom. The molecule has 26 heavy (non-hydrogen) atoms. The average Bonchev–Trinajstić information content (AvgIpc) is 3.15. The molecule has 2 atom stereocenters. The minimum atomic E-state index is -0.602. The summed E-state index contributed by atoms with van der Waals surface area (Å²) in [6.07, 6.45) is 4.66. The largest absolute Gasteiger partial charge is 0.341 e. The summed E-state index contributed by atoms with van der Waals surface area (Å²) in [5.74, 6) is -0.248. The van der Waals surface area contributed by atoms with Crippen molar-refractivity contribution in [2.24, 2.45) is 0 Å². The Hall–Kier alpha value is -2.37. The predicted molar refractivity (Wildman–Crippen MR) is 97.9 cm³/mol. The molecule has 0 spiro atoms. The summed E-state index contributed by atoms with van der Waals surface area (Å²) in [6.45, 7) is 3.90. The van der Waals surface area contributed by atoms with Crippen LogP contribution in [0, 0.1) is 0 Å². The molecule has 2 unspecified atom stereocenters. The van der Waals surface area contributed by atoms with Crippen LogP contribution < -0.4 is 4.90 Å². The number of benzene rings is 1. The number of amides is 3. The first kappa shape index (κ1) is 17.1. The molecule has 3 aliphatic heterocycles. The third kappa shape index (κ3) is 2.68. The summed E-state index contributed by atoms with van der Waals surface area (Å²) < 4.78 is 0. The van der Waals surface area contributed by atoms with Crippen molar-refractivity contribution in [1.29, 1.82) is 0 Å². The van der Waals surface area contributed by atoms with Crippen molar-refractivity contribution < 1.29 is 14.4 Å². The van der Waals surface area contributed by atoms with Crippen molar-refractivity contribution in [3.63, 3.8) is 0 Å². The molecule has 3 heterocycles. The average molecular weight is 355 g/mol. The molecule has 0 aliphatic carbocycles. The van der Waals surface area contributed by atoms with E-state index in [0.29, 0.717) is 24.2 Å². The molecule has 0 N–H and O–H groups in total. The highest BCUT2D eigenvalue weighted by Gasteiger charge is 2.44. The van der Waals surface area contributed by atoms with Gasteiger partial charge in [-0.2, -0.15) is 0 Å². The quantitative estimate of drug-likeness (QED) is 0.816. The number of carbonyl (C=O) groups is 3. The van der Waals surface area contributed by atoms with E-state index in [0.717, 1.165) is 38.8 Å². The number of hydrogen-bond acceptors (Lipinski definition) is 3. The zero-order valence-electron chi connectivity index (χ0n) is 15.2. The first-order valence-electron chi connectivity index (χ1n) is 9.61. The minimum absolute atomic E-state index is 0.0215. The van der Waals surface area contributed by atoms with Gasteiger partial charge in [0.05, 0.1) is 11.3 Å². The Morgan fingerprint density at radius 3 is 2.54 bits per heavy atom. The molecule has 4 rings (SSSR count). The van der Waals surface area contributed by atoms with Crippen molar-refractivity contribution in [3.8, 4) is 0 Å². The maximum absolute atomic E-state index is 13.3. The zero-order valence-corrected chi connectivity index (χ0v) is 15.2. The number of hydrogen-bond donors (Lipinski definition) is 0. The lowest BCUT2D eigenvalue weighted by Gasteiger charge is -2.35. The molecule has 0 radical (unpaired) electrons. The van der Waals surface area contributed by atoms with Crippen LogP contribution in [0.4, 0.5) is 5.69 Å². The zero-order chi connectivity index (χ0) is 18.3. The van der Waals surface area contributed by atoms with Gasteiger partial charge in [-0.3, -0.25) is 19.3 Å². The fraction of sp³-hybridized carbons (Fsp3) is 0.550. The molecule has 3 aliphatic rings. The summed E-state index contributed by atoms with van der Waals surface area (Å²) in [4.78, 5) is 44.5. The summed E-state index contributed by atoms with van der Waals surface area (Å²) in [7, 11) is 0.